The van der Waals surface area contributed by atoms with Crippen LogP contribution in [0.25, 0.3) is 0 Å². The van der Waals surface area contributed by atoms with Crippen LogP contribution < -0.4 is 10.6 Å². The number of carbonyl (C=O) groups excluding carboxylic acids is 1. The fraction of sp³-hybridized carbons (Fsp3) is 0.0714. The Balaban J connectivity index is 2.33. The second-order valence-electron chi connectivity index (χ2n) is 4.08. The molecule has 2 rings (SSSR count). The Morgan fingerprint density at radius 2 is 1.84 bits per heavy atom. The molecule has 2 aromatic rings. The fourth-order valence-corrected chi connectivity index (χ4v) is 2.40. The predicted octanol–water partition coefficient (Wildman–Crippen LogP) is 3.80. The van der Waals surface area contributed by atoms with Crippen molar-refractivity contribution in [1.82, 2.24) is 0 Å². The molecule has 0 spiro atoms. The molecule has 0 aromatic heterocycles. The summed E-state index contributed by atoms with van der Waals surface area (Å²) >= 11 is 8.07. The molecule has 0 radical (unpaired) electrons. The van der Waals surface area contributed by atoms with Crippen molar-refractivity contribution in [3.05, 3.63) is 56.6 Å². The van der Waals surface area contributed by atoms with Crippen molar-refractivity contribution in [2.45, 2.75) is 0 Å². The largest absolute Gasteiger partial charge is 0.399 e. The van der Waals surface area contributed by atoms with E-state index in [1.54, 1.807) is 36.2 Å². The summed E-state index contributed by atoms with van der Waals surface area (Å²) in [7, 11) is 1.73. The van der Waals surface area contributed by atoms with Gasteiger partial charge in [-0.15, -0.1) is 0 Å². The number of benzene rings is 2. The van der Waals surface area contributed by atoms with Crippen molar-refractivity contribution in [2.24, 2.45) is 0 Å². The standard InChI is InChI=1S/C14H12ClIN2O/c1-18(11-5-3-10(17)4-6-11)14(19)12-8-9(15)2-7-13(12)16/h2-8H,17H2,1H3. The molecule has 2 N–H and O–H groups in total. The molecule has 0 heterocycles. The molecular weight excluding hydrogens is 375 g/mol. The Labute approximate surface area is 130 Å². The summed E-state index contributed by atoms with van der Waals surface area (Å²) in [6, 6.07) is 12.4. The Morgan fingerprint density at radius 3 is 2.47 bits per heavy atom. The predicted molar refractivity (Wildman–Crippen MR) is 87.8 cm³/mol. The molecule has 0 unspecified atom stereocenters. The van der Waals surface area contributed by atoms with Crippen LogP contribution in [0, 0.1) is 3.57 Å². The maximum absolute atomic E-state index is 12.4. The smallest absolute Gasteiger partial charge is 0.259 e. The Morgan fingerprint density at radius 1 is 1.21 bits per heavy atom. The van der Waals surface area contributed by atoms with Gasteiger partial charge in [0.1, 0.15) is 0 Å². The van der Waals surface area contributed by atoms with Gasteiger partial charge in [-0.2, -0.15) is 0 Å². The van der Waals surface area contributed by atoms with Crippen molar-refractivity contribution >= 4 is 51.5 Å². The van der Waals surface area contributed by atoms with Crippen LogP contribution in [0.3, 0.4) is 0 Å². The molecule has 0 atom stereocenters. The lowest BCUT2D eigenvalue weighted by Gasteiger charge is -2.18. The molecule has 5 heteroatoms. The van der Waals surface area contributed by atoms with Gasteiger partial charge in [0.15, 0.2) is 0 Å². The third-order valence-electron chi connectivity index (χ3n) is 2.74. The Kier molecular flexibility index (Phi) is 4.31. The average Bonchev–Trinajstić information content (AvgIpc) is 2.41. The van der Waals surface area contributed by atoms with Crippen molar-refractivity contribution in [2.75, 3.05) is 17.7 Å². The molecule has 19 heavy (non-hydrogen) atoms. The summed E-state index contributed by atoms with van der Waals surface area (Å²) < 4.78 is 0.870. The number of hydrogen-bond acceptors (Lipinski definition) is 2. The zero-order valence-corrected chi connectivity index (χ0v) is 13.1. The summed E-state index contributed by atoms with van der Waals surface area (Å²) in [5, 5.41) is 0.550. The topological polar surface area (TPSA) is 46.3 Å². The number of carbonyl (C=O) groups is 1. The number of rotatable bonds is 2. The molecule has 0 saturated carbocycles. The van der Waals surface area contributed by atoms with E-state index in [-0.39, 0.29) is 5.91 Å². The SMILES string of the molecule is CN(C(=O)c1cc(Cl)ccc1I)c1ccc(N)cc1. The molecule has 2 aromatic carbocycles. The second kappa shape index (κ2) is 5.79. The van der Waals surface area contributed by atoms with E-state index in [9.17, 15) is 4.79 Å². The molecule has 1 amide bonds. The minimum Gasteiger partial charge on any atom is -0.399 e. The summed E-state index contributed by atoms with van der Waals surface area (Å²) in [6.45, 7) is 0. The summed E-state index contributed by atoms with van der Waals surface area (Å²) in [5.74, 6) is -0.100. The van der Waals surface area contributed by atoms with Crippen molar-refractivity contribution in [3.63, 3.8) is 0 Å². The first-order valence-corrected chi connectivity index (χ1v) is 7.03. The third kappa shape index (κ3) is 3.19. The molecule has 0 aliphatic carbocycles. The Hall–Kier alpha value is -1.27. The lowest BCUT2D eigenvalue weighted by atomic mass is 10.2. The third-order valence-corrected chi connectivity index (χ3v) is 3.92. The normalized spacial score (nSPS) is 10.3. The number of anilines is 2. The molecule has 0 aliphatic heterocycles. The molecule has 0 saturated heterocycles. The van der Waals surface area contributed by atoms with E-state index < -0.39 is 0 Å². The highest BCUT2D eigenvalue weighted by atomic mass is 127. The fourth-order valence-electron chi connectivity index (χ4n) is 1.66. The van der Waals surface area contributed by atoms with Crippen molar-refractivity contribution in [3.8, 4) is 0 Å². The van der Waals surface area contributed by atoms with Gasteiger partial charge in [-0.25, -0.2) is 0 Å². The molecule has 3 nitrogen and oxygen atoms in total. The second-order valence-corrected chi connectivity index (χ2v) is 5.68. The van der Waals surface area contributed by atoms with E-state index in [1.807, 2.05) is 18.2 Å². The van der Waals surface area contributed by atoms with Gasteiger partial charge in [-0.3, -0.25) is 4.79 Å². The van der Waals surface area contributed by atoms with Gasteiger partial charge in [-0.1, -0.05) is 11.6 Å². The van der Waals surface area contributed by atoms with E-state index in [2.05, 4.69) is 22.6 Å². The lowest BCUT2D eigenvalue weighted by molar-refractivity contribution is 0.0992. The zero-order chi connectivity index (χ0) is 14.0. The number of halogens is 2. The highest BCUT2D eigenvalue weighted by Gasteiger charge is 2.16. The minimum absolute atomic E-state index is 0.100. The number of nitrogen functional groups attached to an aromatic ring is 1. The van der Waals surface area contributed by atoms with Crippen LogP contribution in [-0.2, 0) is 0 Å². The van der Waals surface area contributed by atoms with Crippen LogP contribution in [0.4, 0.5) is 11.4 Å². The van der Waals surface area contributed by atoms with Crippen LogP contribution in [0.15, 0.2) is 42.5 Å². The minimum atomic E-state index is -0.100. The molecule has 0 fully saturated rings. The van der Waals surface area contributed by atoms with Gasteiger partial charge in [-0.05, 0) is 65.1 Å². The number of nitrogens with two attached hydrogens (primary N) is 1. The van der Waals surface area contributed by atoms with Crippen LogP contribution in [-0.4, -0.2) is 13.0 Å². The van der Waals surface area contributed by atoms with Gasteiger partial charge in [0, 0.05) is 27.0 Å². The van der Waals surface area contributed by atoms with E-state index >= 15 is 0 Å². The first kappa shape index (κ1) is 14.1. The highest BCUT2D eigenvalue weighted by molar-refractivity contribution is 14.1. The quantitative estimate of drug-likeness (QED) is 0.630. The maximum Gasteiger partial charge on any atom is 0.259 e. The van der Waals surface area contributed by atoms with Gasteiger partial charge in [0.2, 0.25) is 0 Å². The monoisotopic (exact) mass is 386 g/mol. The van der Waals surface area contributed by atoms with Crippen molar-refractivity contribution in [1.29, 1.82) is 0 Å². The molecule has 0 aliphatic rings. The van der Waals surface area contributed by atoms with Gasteiger partial charge < -0.3 is 10.6 Å². The summed E-state index contributed by atoms with van der Waals surface area (Å²) in [4.78, 5) is 14.0. The first-order valence-electron chi connectivity index (χ1n) is 5.57. The number of nitrogens with zero attached hydrogens (tertiary/aromatic N) is 1. The molecule has 98 valence electrons. The lowest BCUT2D eigenvalue weighted by Crippen LogP contribution is -2.26. The van der Waals surface area contributed by atoms with Crippen LogP contribution >= 0.6 is 34.2 Å². The van der Waals surface area contributed by atoms with Crippen LogP contribution in [0.2, 0.25) is 5.02 Å². The zero-order valence-electron chi connectivity index (χ0n) is 10.2. The van der Waals surface area contributed by atoms with E-state index in [0.29, 0.717) is 16.3 Å². The Bertz CT molecular complexity index is 613. The van der Waals surface area contributed by atoms with Crippen LogP contribution in [0.1, 0.15) is 10.4 Å². The van der Waals surface area contributed by atoms with Gasteiger partial charge >= 0.3 is 0 Å². The van der Waals surface area contributed by atoms with E-state index in [4.69, 9.17) is 17.3 Å². The molecule has 0 bridgehead atoms. The number of amides is 1. The van der Waals surface area contributed by atoms with Crippen LogP contribution in [0.5, 0.6) is 0 Å². The highest BCUT2D eigenvalue weighted by Crippen LogP contribution is 2.22. The molecular formula is C14H12ClIN2O. The summed E-state index contributed by atoms with van der Waals surface area (Å²) in [6.07, 6.45) is 0. The van der Waals surface area contributed by atoms with Crippen molar-refractivity contribution < 1.29 is 4.79 Å². The first-order chi connectivity index (χ1) is 8.99. The van der Waals surface area contributed by atoms with Gasteiger partial charge in [0.25, 0.3) is 5.91 Å². The van der Waals surface area contributed by atoms with E-state index in [0.717, 1.165) is 9.26 Å². The average molecular weight is 387 g/mol. The van der Waals surface area contributed by atoms with E-state index in [1.165, 1.54) is 0 Å². The number of hydrogen-bond donors (Lipinski definition) is 1. The maximum atomic E-state index is 12.4. The van der Waals surface area contributed by atoms with Gasteiger partial charge in [0.05, 0.1) is 5.56 Å². The summed E-state index contributed by atoms with van der Waals surface area (Å²) in [5.41, 5.74) is 7.68.